The molecule has 33 heavy (non-hydrogen) atoms. The number of amides is 1. The Labute approximate surface area is 190 Å². The summed E-state index contributed by atoms with van der Waals surface area (Å²) in [5.74, 6) is -0.132. The molecule has 5 aromatic heterocycles. The molecule has 0 bridgehead atoms. The van der Waals surface area contributed by atoms with Crippen LogP contribution in [0.1, 0.15) is 0 Å². The van der Waals surface area contributed by atoms with E-state index in [4.69, 9.17) is 4.74 Å². The highest BCUT2D eigenvalue weighted by Gasteiger charge is 2.19. The lowest BCUT2D eigenvalue weighted by atomic mass is 10.2. The second kappa shape index (κ2) is 7.76. The van der Waals surface area contributed by atoms with Crippen LogP contribution in [0.3, 0.4) is 0 Å². The number of pyridine rings is 2. The van der Waals surface area contributed by atoms with Crippen LogP contribution in [-0.4, -0.2) is 73.0 Å². The molecular formula is C21H20N8O3S. The van der Waals surface area contributed by atoms with E-state index in [2.05, 4.69) is 25.5 Å². The van der Waals surface area contributed by atoms with Gasteiger partial charge in [-0.2, -0.15) is 10.2 Å². The van der Waals surface area contributed by atoms with Crippen LogP contribution in [0.15, 0.2) is 35.6 Å². The summed E-state index contributed by atoms with van der Waals surface area (Å²) < 4.78 is 8.76. The van der Waals surface area contributed by atoms with Gasteiger partial charge in [0.25, 0.3) is 5.56 Å². The summed E-state index contributed by atoms with van der Waals surface area (Å²) in [5, 5.41) is 12.2. The molecule has 0 radical (unpaired) electrons. The summed E-state index contributed by atoms with van der Waals surface area (Å²) in [4.78, 5) is 36.5. The minimum atomic E-state index is -0.245. The fourth-order valence-corrected chi connectivity index (χ4v) is 5.13. The lowest BCUT2D eigenvalue weighted by molar-refractivity contribution is -0.118. The number of hydrogen-bond acceptors (Lipinski definition) is 8. The summed E-state index contributed by atoms with van der Waals surface area (Å²) in [6.45, 7) is 3.01. The van der Waals surface area contributed by atoms with Crippen molar-refractivity contribution in [2.75, 3.05) is 38.2 Å². The van der Waals surface area contributed by atoms with E-state index in [1.54, 1.807) is 27.7 Å². The molecule has 1 saturated heterocycles. The Balaban J connectivity index is 1.34. The second-order valence-electron chi connectivity index (χ2n) is 7.98. The zero-order valence-electron chi connectivity index (χ0n) is 17.7. The van der Waals surface area contributed by atoms with Crippen LogP contribution in [0.25, 0.3) is 37.2 Å². The Morgan fingerprint density at radius 1 is 1.24 bits per heavy atom. The number of aryl methyl sites for hydroxylation is 1. The first kappa shape index (κ1) is 20.0. The summed E-state index contributed by atoms with van der Waals surface area (Å²) in [7, 11) is 1.86. The van der Waals surface area contributed by atoms with Crippen LogP contribution < -0.4 is 10.9 Å². The molecule has 0 aliphatic carbocycles. The van der Waals surface area contributed by atoms with E-state index in [9.17, 15) is 9.59 Å². The number of hydrogen-bond donors (Lipinski definition) is 2. The Bertz CT molecular complexity index is 1570. The van der Waals surface area contributed by atoms with E-state index in [1.165, 1.54) is 11.3 Å². The van der Waals surface area contributed by atoms with Crippen LogP contribution in [-0.2, 0) is 16.6 Å². The fraction of sp³-hybridized carbons (Fsp3) is 0.286. The molecule has 0 saturated carbocycles. The monoisotopic (exact) mass is 464 g/mol. The summed E-state index contributed by atoms with van der Waals surface area (Å²) in [5.41, 5.74) is 2.88. The van der Waals surface area contributed by atoms with E-state index in [1.807, 2.05) is 24.3 Å². The first-order chi connectivity index (χ1) is 16.0. The van der Waals surface area contributed by atoms with Gasteiger partial charge in [-0.15, -0.1) is 11.3 Å². The van der Waals surface area contributed by atoms with Gasteiger partial charge in [-0.3, -0.25) is 24.2 Å². The fourth-order valence-electron chi connectivity index (χ4n) is 4.06. The number of carbonyl (C=O) groups is 1. The quantitative estimate of drug-likeness (QED) is 0.413. The normalized spacial score (nSPS) is 15.1. The smallest absolute Gasteiger partial charge is 0.261 e. The first-order valence-electron chi connectivity index (χ1n) is 10.5. The third-order valence-corrected chi connectivity index (χ3v) is 6.79. The molecule has 1 fully saturated rings. The van der Waals surface area contributed by atoms with Gasteiger partial charge in [-0.1, -0.05) is 0 Å². The highest BCUT2D eigenvalue weighted by Crippen LogP contribution is 2.33. The predicted octanol–water partition coefficient (Wildman–Crippen LogP) is 1.46. The highest BCUT2D eigenvalue weighted by molar-refractivity contribution is 7.21. The van der Waals surface area contributed by atoms with Crippen molar-refractivity contribution in [3.05, 3.63) is 41.2 Å². The number of nitrogens with one attached hydrogen (secondary N) is 2. The van der Waals surface area contributed by atoms with Crippen molar-refractivity contribution in [2.45, 2.75) is 0 Å². The molecule has 1 aliphatic heterocycles. The number of thiazole rings is 1. The number of carbonyl (C=O) groups excluding carboxylic acids is 1. The van der Waals surface area contributed by atoms with Gasteiger partial charge in [0.2, 0.25) is 5.91 Å². The number of aromatic nitrogens is 6. The van der Waals surface area contributed by atoms with Crippen molar-refractivity contribution in [3.8, 4) is 10.4 Å². The lowest BCUT2D eigenvalue weighted by Crippen LogP contribution is -2.41. The molecular weight excluding hydrogens is 444 g/mol. The van der Waals surface area contributed by atoms with Gasteiger partial charge in [0.15, 0.2) is 0 Å². The van der Waals surface area contributed by atoms with Gasteiger partial charge < -0.3 is 15.0 Å². The van der Waals surface area contributed by atoms with Crippen molar-refractivity contribution >= 4 is 49.7 Å². The van der Waals surface area contributed by atoms with Crippen molar-refractivity contribution < 1.29 is 9.53 Å². The molecule has 0 aromatic carbocycles. The molecule has 6 heterocycles. The van der Waals surface area contributed by atoms with Crippen LogP contribution in [0.4, 0.5) is 5.69 Å². The van der Waals surface area contributed by atoms with Crippen LogP contribution in [0.5, 0.6) is 0 Å². The molecule has 6 rings (SSSR count). The Hall–Kier alpha value is -3.61. The Kier molecular flexibility index (Phi) is 4.71. The maximum Gasteiger partial charge on any atom is 0.261 e. The molecule has 5 aromatic rings. The maximum atomic E-state index is 13.0. The van der Waals surface area contributed by atoms with E-state index in [0.717, 1.165) is 28.4 Å². The van der Waals surface area contributed by atoms with Gasteiger partial charge in [-0.25, -0.2) is 4.52 Å². The molecule has 0 atom stereocenters. The largest absolute Gasteiger partial charge is 0.379 e. The number of H-pyrrole nitrogens is 1. The number of fused-ring (bicyclic) bond motifs is 5. The van der Waals surface area contributed by atoms with Crippen molar-refractivity contribution in [1.82, 2.24) is 34.3 Å². The topological polar surface area (TPSA) is 122 Å². The van der Waals surface area contributed by atoms with Gasteiger partial charge in [-0.05, 0) is 6.07 Å². The SMILES string of the molecule is Cn1cc(-c2cn3nc4c5ncc(NC(=O)CN6CCOCC6)cc5[nH]c(=O)c4c3s2)cn1. The molecule has 2 N–H and O–H groups in total. The Morgan fingerprint density at radius 3 is 2.88 bits per heavy atom. The van der Waals surface area contributed by atoms with Crippen LogP contribution in [0.2, 0.25) is 0 Å². The summed E-state index contributed by atoms with van der Waals surface area (Å²) in [6.07, 6.45) is 7.18. The van der Waals surface area contributed by atoms with Crippen LogP contribution in [0, 0.1) is 0 Å². The predicted molar refractivity (Wildman–Crippen MR) is 125 cm³/mol. The number of rotatable bonds is 4. The van der Waals surface area contributed by atoms with Crippen LogP contribution >= 0.6 is 11.3 Å². The minimum Gasteiger partial charge on any atom is -0.379 e. The molecule has 1 aliphatic rings. The van der Waals surface area contributed by atoms with E-state index < -0.39 is 0 Å². The Morgan fingerprint density at radius 2 is 2.09 bits per heavy atom. The van der Waals surface area contributed by atoms with E-state index in [0.29, 0.717) is 40.8 Å². The number of nitrogens with zero attached hydrogens (tertiary/aromatic N) is 6. The number of anilines is 1. The van der Waals surface area contributed by atoms with E-state index >= 15 is 0 Å². The maximum absolute atomic E-state index is 13.0. The summed E-state index contributed by atoms with van der Waals surface area (Å²) >= 11 is 1.48. The molecule has 0 spiro atoms. The molecule has 168 valence electrons. The van der Waals surface area contributed by atoms with E-state index in [-0.39, 0.29) is 18.0 Å². The highest BCUT2D eigenvalue weighted by atomic mass is 32.1. The zero-order chi connectivity index (χ0) is 22.5. The number of ether oxygens (including phenoxy) is 1. The standard InChI is InChI=1S/C21H20N8O3S/c1-27-9-12(7-23-27)15-10-29-21(33-15)17-19(26-29)18-14(25-20(17)31)6-13(8-22-18)24-16(30)11-28-2-4-32-5-3-28/h6-10H,2-5,11H2,1H3,(H,24,30)(H,25,31). The van der Waals surface area contributed by atoms with Gasteiger partial charge in [0, 0.05) is 38.1 Å². The zero-order valence-corrected chi connectivity index (χ0v) is 18.6. The first-order valence-corrected chi connectivity index (χ1v) is 11.3. The average Bonchev–Trinajstić information content (AvgIpc) is 3.48. The minimum absolute atomic E-state index is 0.132. The third-order valence-electron chi connectivity index (χ3n) is 5.64. The van der Waals surface area contributed by atoms with Gasteiger partial charge in [0.05, 0.1) is 48.2 Å². The molecule has 11 nitrogen and oxygen atoms in total. The number of aromatic amines is 1. The van der Waals surface area contributed by atoms with Gasteiger partial charge in [0.1, 0.15) is 21.3 Å². The second-order valence-corrected chi connectivity index (χ2v) is 9.01. The van der Waals surface area contributed by atoms with Crippen molar-refractivity contribution in [3.63, 3.8) is 0 Å². The summed E-state index contributed by atoms with van der Waals surface area (Å²) in [6, 6.07) is 1.72. The van der Waals surface area contributed by atoms with Gasteiger partial charge >= 0.3 is 0 Å². The third kappa shape index (κ3) is 3.57. The molecule has 0 unspecified atom stereocenters. The number of morpholine rings is 1. The lowest BCUT2D eigenvalue weighted by Gasteiger charge is -2.25. The van der Waals surface area contributed by atoms with Crippen molar-refractivity contribution in [1.29, 1.82) is 0 Å². The average molecular weight is 465 g/mol. The molecule has 1 amide bonds. The molecule has 12 heteroatoms. The van der Waals surface area contributed by atoms with Crippen molar-refractivity contribution in [2.24, 2.45) is 7.05 Å².